The lowest BCUT2D eigenvalue weighted by Crippen LogP contribution is -2.30. The van der Waals surface area contributed by atoms with Gasteiger partial charge in [0.1, 0.15) is 5.75 Å². The molecule has 1 unspecified atom stereocenters. The highest BCUT2D eigenvalue weighted by Crippen LogP contribution is 2.40. The van der Waals surface area contributed by atoms with Gasteiger partial charge in [0.25, 0.3) is 0 Å². The third kappa shape index (κ3) is 4.80. The number of Topliss-reactive ketones (excluding diaryl/α,β-unsaturated/α-hetero) is 1. The van der Waals surface area contributed by atoms with Gasteiger partial charge in [-0.3, -0.25) is 9.59 Å². The molecule has 1 aliphatic carbocycles. The Kier molecular flexibility index (Phi) is 7.40. The van der Waals surface area contributed by atoms with Crippen LogP contribution in [0.15, 0.2) is 30.3 Å². The van der Waals surface area contributed by atoms with Gasteiger partial charge in [0.15, 0.2) is 5.78 Å². The highest BCUT2D eigenvalue weighted by molar-refractivity contribution is 6.34. The van der Waals surface area contributed by atoms with Gasteiger partial charge in [-0.2, -0.15) is 0 Å². The van der Waals surface area contributed by atoms with E-state index in [0.29, 0.717) is 23.6 Å². The summed E-state index contributed by atoms with van der Waals surface area (Å²) >= 11 is 6.36. The van der Waals surface area contributed by atoms with Crippen molar-refractivity contribution in [2.75, 3.05) is 18.4 Å². The number of aryl methyl sites for hydroxylation is 1. The zero-order valence-electron chi connectivity index (χ0n) is 16.7. The molecular formula is C23H26Cl2N2O3. The predicted molar refractivity (Wildman–Crippen MR) is 121 cm³/mol. The molecule has 7 heteroatoms. The fraction of sp³-hybridized carbons (Fsp3) is 0.391. The van der Waals surface area contributed by atoms with Crippen molar-refractivity contribution in [2.24, 2.45) is 5.92 Å². The lowest BCUT2D eigenvalue weighted by Gasteiger charge is -2.29. The fourth-order valence-electron chi connectivity index (χ4n) is 4.33. The maximum atomic E-state index is 13.2. The van der Waals surface area contributed by atoms with E-state index in [-0.39, 0.29) is 35.8 Å². The third-order valence-electron chi connectivity index (χ3n) is 5.91. The third-order valence-corrected chi connectivity index (χ3v) is 6.20. The van der Waals surface area contributed by atoms with Crippen molar-refractivity contribution in [1.82, 2.24) is 5.32 Å². The Labute approximate surface area is 187 Å². The topological polar surface area (TPSA) is 78.4 Å². The molecule has 0 spiro atoms. The van der Waals surface area contributed by atoms with E-state index in [2.05, 4.69) is 10.6 Å². The minimum absolute atomic E-state index is 0. The molecule has 0 fully saturated rings. The van der Waals surface area contributed by atoms with Crippen LogP contribution < -0.4 is 10.6 Å². The van der Waals surface area contributed by atoms with Crippen molar-refractivity contribution in [1.29, 1.82) is 0 Å². The molecule has 0 saturated heterocycles. The van der Waals surface area contributed by atoms with Crippen molar-refractivity contribution >= 4 is 41.4 Å². The van der Waals surface area contributed by atoms with Crippen LogP contribution in [0.2, 0.25) is 5.02 Å². The number of halogens is 2. The zero-order valence-corrected chi connectivity index (χ0v) is 18.2. The molecule has 2 aromatic carbocycles. The van der Waals surface area contributed by atoms with Crippen LogP contribution in [0.25, 0.3) is 0 Å². The number of hydrogen-bond acceptors (Lipinski definition) is 4. The number of carbonyl (C=O) groups is 2. The first-order chi connectivity index (χ1) is 14.0. The smallest absolute Gasteiger partial charge is 0.224 e. The average molecular weight is 449 g/mol. The molecule has 4 rings (SSSR count). The maximum Gasteiger partial charge on any atom is 0.224 e. The fourth-order valence-corrected chi connectivity index (χ4v) is 4.62. The number of nitrogens with one attached hydrogen (secondary N) is 2. The lowest BCUT2D eigenvalue weighted by atomic mass is 9.77. The largest absolute Gasteiger partial charge is 0.508 e. The Morgan fingerprint density at radius 2 is 1.87 bits per heavy atom. The number of amides is 1. The number of rotatable bonds is 6. The van der Waals surface area contributed by atoms with E-state index in [4.69, 9.17) is 11.6 Å². The second-order valence-electron chi connectivity index (χ2n) is 7.85. The summed E-state index contributed by atoms with van der Waals surface area (Å²) in [5, 5.41) is 16.1. The second-order valence-corrected chi connectivity index (χ2v) is 8.26. The maximum absolute atomic E-state index is 13.2. The summed E-state index contributed by atoms with van der Waals surface area (Å²) in [5.41, 5.74) is 4.53. The number of phenols is 1. The highest BCUT2D eigenvalue weighted by atomic mass is 35.5. The molecule has 3 N–H and O–H groups in total. The van der Waals surface area contributed by atoms with Crippen molar-refractivity contribution < 1.29 is 14.7 Å². The minimum atomic E-state index is -0.0445. The Balaban J connectivity index is 0.00000256. The standard InChI is InChI=1S/C23H25ClN2O3.ClH/c24-19-13-16-4-3-15(10-12-25-11-9-14-1-5-17(27)6-2-14)23(29)21(16)18-7-8-20(28)26-22(18)19;/h1-2,5-6,13,15,25,27H,3-4,7-12H2,(H,26,28);1H. The molecule has 5 nitrogen and oxygen atoms in total. The van der Waals surface area contributed by atoms with Gasteiger partial charge < -0.3 is 15.7 Å². The van der Waals surface area contributed by atoms with E-state index in [1.54, 1.807) is 12.1 Å². The molecule has 0 aromatic heterocycles. The highest BCUT2D eigenvalue weighted by Gasteiger charge is 2.33. The van der Waals surface area contributed by atoms with Gasteiger partial charge >= 0.3 is 0 Å². The number of carbonyl (C=O) groups excluding carboxylic acids is 2. The van der Waals surface area contributed by atoms with Crippen molar-refractivity contribution in [3.63, 3.8) is 0 Å². The van der Waals surface area contributed by atoms with Crippen molar-refractivity contribution in [3.8, 4) is 5.75 Å². The number of hydrogen-bond donors (Lipinski definition) is 3. The number of aromatic hydroxyl groups is 1. The quantitative estimate of drug-likeness (QED) is 0.574. The van der Waals surface area contributed by atoms with Crippen LogP contribution in [-0.4, -0.2) is 29.9 Å². The summed E-state index contributed by atoms with van der Waals surface area (Å²) in [4.78, 5) is 24.9. The Morgan fingerprint density at radius 1 is 1.10 bits per heavy atom. The van der Waals surface area contributed by atoms with Gasteiger partial charge in [-0.25, -0.2) is 0 Å². The monoisotopic (exact) mass is 448 g/mol. The van der Waals surface area contributed by atoms with Gasteiger partial charge in [-0.1, -0.05) is 23.7 Å². The number of ketones is 1. The molecule has 0 saturated carbocycles. The van der Waals surface area contributed by atoms with Crippen LogP contribution in [0.4, 0.5) is 5.69 Å². The van der Waals surface area contributed by atoms with E-state index in [9.17, 15) is 14.7 Å². The summed E-state index contributed by atoms with van der Waals surface area (Å²) < 4.78 is 0. The summed E-state index contributed by atoms with van der Waals surface area (Å²) in [6, 6.07) is 9.09. The molecule has 1 amide bonds. The molecule has 30 heavy (non-hydrogen) atoms. The van der Waals surface area contributed by atoms with Gasteiger partial charge in [0.05, 0.1) is 10.7 Å². The molecule has 0 radical (unpaired) electrons. The molecule has 0 bridgehead atoms. The van der Waals surface area contributed by atoms with Gasteiger partial charge in [0, 0.05) is 17.9 Å². The summed E-state index contributed by atoms with van der Waals surface area (Å²) in [5.74, 6) is 0.431. The number of benzene rings is 2. The SMILES string of the molecule is Cl.O=C1CCc2c(c(Cl)cc3c2C(=O)C(CCNCCc2ccc(O)cc2)CC3)N1. The van der Waals surface area contributed by atoms with Crippen LogP contribution in [0, 0.1) is 5.92 Å². The summed E-state index contributed by atoms with van der Waals surface area (Å²) in [6.45, 7) is 1.62. The second kappa shape index (κ2) is 9.82. The van der Waals surface area contributed by atoms with E-state index >= 15 is 0 Å². The van der Waals surface area contributed by atoms with Crippen LogP contribution >= 0.6 is 24.0 Å². The van der Waals surface area contributed by atoms with Crippen molar-refractivity contribution in [3.05, 3.63) is 57.6 Å². The van der Waals surface area contributed by atoms with E-state index in [1.807, 2.05) is 18.2 Å². The number of anilines is 1. The lowest BCUT2D eigenvalue weighted by molar-refractivity contribution is -0.116. The Morgan fingerprint density at radius 3 is 2.63 bits per heavy atom. The van der Waals surface area contributed by atoms with Gasteiger partial charge in [0.2, 0.25) is 5.91 Å². The molecular weight excluding hydrogens is 423 g/mol. The minimum Gasteiger partial charge on any atom is -0.508 e. The molecule has 2 aromatic rings. The normalized spacial score (nSPS) is 17.6. The van der Waals surface area contributed by atoms with Crippen molar-refractivity contribution in [2.45, 2.75) is 38.5 Å². The Bertz CT molecular complexity index is 944. The number of fused-ring (bicyclic) bond motifs is 3. The predicted octanol–water partition coefficient (Wildman–Crippen LogP) is 4.32. The molecule has 1 atom stereocenters. The average Bonchev–Trinajstić information content (AvgIpc) is 2.71. The van der Waals surface area contributed by atoms with Crippen LogP contribution in [0.3, 0.4) is 0 Å². The Hall–Kier alpha value is -2.08. The van der Waals surface area contributed by atoms with Crippen LogP contribution in [0.1, 0.15) is 46.3 Å². The van der Waals surface area contributed by atoms with Crippen LogP contribution in [-0.2, 0) is 24.1 Å². The zero-order chi connectivity index (χ0) is 20.4. The summed E-state index contributed by atoms with van der Waals surface area (Å²) in [7, 11) is 0. The number of phenolic OH excluding ortho intramolecular Hbond substituents is 1. The molecule has 2 aliphatic rings. The first-order valence-electron chi connectivity index (χ1n) is 10.2. The van der Waals surface area contributed by atoms with E-state index in [1.165, 1.54) is 5.56 Å². The van der Waals surface area contributed by atoms with Crippen LogP contribution in [0.5, 0.6) is 5.75 Å². The molecule has 1 heterocycles. The summed E-state index contributed by atoms with van der Waals surface area (Å²) in [6.07, 6.45) is 4.35. The first-order valence-corrected chi connectivity index (χ1v) is 10.6. The van der Waals surface area contributed by atoms with Gasteiger partial charge in [-0.15, -0.1) is 12.4 Å². The molecule has 1 aliphatic heterocycles. The van der Waals surface area contributed by atoms with E-state index in [0.717, 1.165) is 55.5 Å². The van der Waals surface area contributed by atoms with Gasteiger partial charge in [-0.05, 0) is 80.1 Å². The molecule has 160 valence electrons. The van der Waals surface area contributed by atoms with E-state index < -0.39 is 0 Å². The first kappa shape index (κ1) is 22.6.